The molecule has 0 bridgehead atoms. The second-order valence-corrected chi connectivity index (χ2v) is 4.46. The summed E-state index contributed by atoms with van der Waals surface area (Å²) in [6.07, 6.45) is 1.31. The SMILES string of the molecule is N#CC1(c2cc3c(cc2[N+](=O)[O-])OCCO3)CC1. The van der Waals surface area contributed by atoms with Crippen LogP contribution in [0.4, 0.5) is 5.69 Å². The van der Waals surface area contributed by atoms with Crippen LogP contribution < -0.4 is 9.47 Å². The van der Waals surface area contributed by atoms with Crippen molar-refractivity contribution in [2.45, 2.75) is 18.3 Å². The molecule has 0 radical (unpaired) electrons. The minimum atomic E-state index is -0.710. The minimum Gasteiger partial charge on any atom is -0.486 e. The number of nitro benzene ring substituents is 1. The zero-order chi connectivity index (χ0) is 12.8. The van der Waals surface area contributed by atoms with Crippen molar-refractivity contribution in [1.82, 2.24) is 0 Å². The predicted octanol–water partition coefficient (Wildman–Crippen LogP) is 1.92. The normalized spacial score (nSPS) is 18.8. The lowest BCUT2D eigenvalue weighted by atomic mass is 9.95. The van der Waals surface area contributed by atoms with Crippen LogP contribution in [-0.2, 0) is 5.41 Å². The summed E-state index contributed by atoms with van der Waals surface area (Å²) in [5, 5.41) is 20.3. The predicted molar refractivity (Wildman–Crippen MR) is 60.6 cm³/mol. The van der Waals surface area contributed by atoms with Crippen LogP contribution >= 0.6 is 0 Å². The average Bonchev–Trinajstić information content (AvgIpc) is 3.18. The van der Waals surface area contributed by atoms with E-state index in [4.69, 9.17) is 9.47 Å². The van der Waals surface area contributed by atoms with E-state index in [0.717, 1.165) is 0 Å². The van der Waals surface area contributed by atoms with Crippen LogP contribution in [0.1, 0.15) is 18.4 Å². The summed E-state index contributed by atoms with van der Waals surface area (Å²) in [5.41, 5.74) is -0.323. The first-order valence-corrected chi connectivity index (χ1v) is 5.66. The fourth-order valence-corrected chi connectivity index (χ4v) is 2.18. The Balaban J connectivity index is 2.17. The molecule has 3 rings (SSSR count). The molecule has 1 aliphatic heterocycles. The van der Waals surface area contributed by atoms with Gasteiger partial charge in [-0.05, 0) is 18.9 Å². The van der Waals surface area contributed by atoms with E-state index in [1.54, 1.807) is 6.07 Å². The lowest BCUT2D eigenvalue weighted by molar-refractivity contribution is -0.385. The van der Waals surface area contributed by atoms with Gasteiger partial charge < -0.3 is 9.47 Å². The number of nitrogens with zero attached hydrogens (tertiary/aromatic N) is 2. The van der Waals surface area contributed by atoms with E-state index in [-0.39, 0.29) is 5.69 Å². The van der Waals surface area contributed by atoms with Gasteiger partial charge in [0.2, 0.25) is 0 Å². The maximum absolute atomic E-state index is 11.1. The van der Waals surface area contributed by atoms with Crippen LogP contribution in [0.25, 0.3) is 0 Å². The molecular weight excluding hydrogens is 236 g/mol. The fourth-order valence-electron chi connectivity index (χ4n) is 2.18. The molecule has 1 aromatic carbocycles. The molecule has 0 spiro atoms. The summed E-state index contributed by atoms with van der Waals surface area (Å²) in [6, 6.07) is 5.12. The molecule has 0 unspecified atom stereocenters. The second-order valence-electron chi connectivity index (χ2n) is 4.46. The van der Waals surface area contributed by atoms with Gasteiger partial charge in [-0.2, -0.15) is 5.26 Å². The zero-order valence-electron chi connectivity index (χ0n) is 9.51. The summed E-state index contributed by atoms with van der Waals surface area (Å²) in [6.45, 7) is 0.802. The summed E-state index contributed by atoms with van der Waals surface area (Å²) in [7, 11) is 0. The minimum absolute atomic E-state index is 0.0571. The third kappa shape index (κ3) is 1.48. The molecule has 1 saturated carbocycles. The van der Waals surface area contributed by atoms with Crippen molar-refractivity contribution in [3.8, 4) is 17.6 Å². The van der Waals surface area contributed by atoms with Gasteiger partial charge in [0, 0.05) is 0 Å². The fraction of sp³-hybridized carbons (Fsp3) is 0.417. The number of hydrogen-bond acceptors (Lipinski definition) is 5. The summed E-state index contributed by atoms with van der Waals surface area (Å²) < 4.78 is 10.7. The average molecular weight is 246 g/mol. The third-order valence-electron chi connectivity index (χ3n) is 3.34. The van der Waals surface area contributed by atoms with Crippen LogP contribution in [0.15, 0.2) is 12.1 Å². The Morgan fingerprint density at radius 2 is 1.89 bits per heavy atom. The van der Waals surface area contributed by atoms with Crippen molar-refractivity contribution < 1.29 is 14.4 Å². The molecule has 6 heteroatoms. The summed E-state index contributed by atoms with van der Waals surface area (Å²) in [5.74, 6) is 0.869. The number of ether oxygens (including phenoxy) is 2. The van der Waals surface area contributed by atoms with Crippen molar-refractivity contribution in [3.05, 3.63) is 27.8 Å². The highest BCUT2D eigenvalue weighted by Gasteiger charge is 2.49. The first-order valence-electron chi connectivity index (χ1n) is 5.66. The largest absolute Gasteiger partial charge is 0.486 e. The molecule has 1 heterocycles. The van der Waals surface area contributed by atoms with E-state index in [9.17, 15) is 15.4 Å². The molecule has 0 N–H and O–H groups in total. The standard InChI is InChI=1S/C12H10N2O4/c13-7-12(1-2-12)8-5-10-11(18-4-3-17-10)6-9(8)14(15)16/h5-6H,1-4H2. The van der Waals surface area contributed by atoms with Gasteiger partial charge in [0.25, 0.3) is 5.69 Å². The Kier molecular flexibility index (Phi) is 2.17. The molecule has 0 atom stereocenters. The van der Waals surface area contributed by atoms with Gasteiger partial charge in [-0.25, -0.2) is 0 Å². The quantitative estimate of drug-likeness (QED) is 0.587. The van der Waals surface area contributed by atoms with Gasteiger partial charge >= 0.3 is 0 Å². The van der Waals surface area contributed by atoms with E-state index < -0.39 is 10.3 Å². The molecule has 1 fully saturated rings. The van der Waals surface area contributed by atoms with E-state index >= 15 is 0 Å². The molecule has 92 valence electrons. The Bertz CT molecular complexity index is 572. The number of rotatable bonds is 2. The lowest BCUT2D eigenvalue weighted by Gasteiger charge is -2.19. The zero-order valence-corrected chi connectivity index (χ0v) is 9.51. The molecule has 6 nitrogen and oxygen atoms in total. The lowest BCUT2D eigenvalue weighted by Crippen LogP contribution is -2.17. The Labute approximate surface area is 103 Å². The Morgan fingerprint density at radius 3 is 2.39 bits per heavy atom. The van der Waals surface area contributed by atoms with E-state index in [2.05, 4.69) is 6.07 Å². The van der Waals surface area contributed by atoms with Crippen LogP contribution in [-0.4, -0.2) is 18.1 Å². The van der Waals surface area contributed by atoms with Crippen molar-refractivity contribution >= 4 is 5.69 Å². The van der Waals surface area contributed by atoms with Crippen LogP contribution in [0, 0.1) is 21.4 Å². The first-order chi connectivity index (χ1) is 8.66. The molecule has 1 aliphatic carbocycles. The second kappa shape index (κ2) is 3.60. The highest BCUT2D eigenvalue weighted by molar-refractivity contribution is 5.60. The molecule has 18 heavy (non-hydrogen) atoms. The van der Waals surface area contributed by atoms with Gasteiger partial charge in [0.1, 0.15) is 13.2 Å². The Morgan fingerprint density at radius 1 is 1.28 bits per heavy atom. The van der Waals surface area contributed by atoms with Crippen LogP contribution in [0.2, 0.25) is 0 Å². The molecule has 0 amide bonds. The maximum Gasteiger partial charge on any atom is 0.278 e. The van der Waals surface area contributed by atoms with Crippen molar-refractivity contribution in [2.24, 2.45) is 0 Å². The molecule has 0 saturated heterocycles. The summed E-state index contributed by atoms with van der Waals surface area (Å²) in [4.78, 5) is 10.6. The van der Waals surface area contributed by atoms with E-state index in [0.29, 0.717) is 43.1 Å². The van der Waals surface area contributed by atoms with Gasteiger partial charge in [-0.1, -0.05) is 0 Å². The number of fused-ring (bicyclic) bond motifs is 1. The van der Waals surface area contributed by atoms with Crippen molar-refractivity contribution in [2.75, 3.05) is 13.2 Å². The molecule has 0 aromatic heterocycles. The number of nitriles is 1. The molecular formula is C12H10N2O4. The summed E-state index contributed by atoms with van der Waals surface area (Å²) >= 11 is 0. The third-order valence-corrected chi connectivity index (χ3v) is 3.34. The van der Waals surface area contributed by atoms with Crippen molar-refractivity contribution in [3.63, 3.8) is 0 Å². The van der Waals surface area contributed by atoms with Gasteiger partial charge in [-0.3, -0.25) is 10.1 Å². The number of hydrogen-bond donors (Lipinski definition) is 0. The highest BCUT2D eigenvalue weighted by atomic mass is 16.6. The van der Waals surface area contributed by atoms with E-state index in [1.807, 2.05) is 0 Å². The smallest absolute Gasteiger partial charge is 0.278 e. The monoisotopic (exact) mass is 246 g/mol. The van der Waals surface area contributed by atoms with Gasteiger partial charge in [-0.15, -0.1) is 0 Å². The van der Waals surface area contributed by atoms with E-state index in [1.165, 1.54) is 6.07 Å². The van der Waals surface area contributed by atoms with Crippen LogP contribution in [0.3, 0.4) is 0 Å². The van der Waals surface area contributed by atoms with Gasteiger partial charge in [0.05, 0.1) is 28.0 Å². The molecule has 2 aliphatic rings. The topological polar surface area (TPSA) is 85.4 Å². The van der Waals surface area contributed by atoms with Crippen LogP contribution in [0.5, 0.6) is 11.5 Å². The van der Waals surface area contributed by atoms with Gasteiger partial charge in [0.15, 0.2) is 11.5 Å². The Hall–Kier alpha value is -2.29. The number of benzene rings is 1. The van der Waals surface area contributed by atoms with Crippen molar-refractivity contribution in [1.29, 1.82) is 5.26 Å². The maximum atomic E-state index is 11.1. The molecule has 1 aromatic rings. The highest BCUT2D eigenvalue weighted by Crippen LogP contribution is 2.53. The number of nitro groups is 1. The first kappa shape index (κ1) is 10.8.